The van der Waals surface area contributed by atoms with E-state index in [-0.39, 0.29) is 11.9 Å². The Labute approximate surface area is 121 Å². The van der Waals surface area contributed by atoms with E-state index in [2.05, 4.69) is 10.2 Å². The number of anilines is 1. The van der Waals surface area contributed by atoms with Crippen LogP contribution < -0.4 is 4.90 Å². The van der Waals surface area contributed by atoms with Gasteiger partial charge >= 0.3 is 6.01 Å². The summed E-state index contributed by atoms with van der Waals surface area (Å²) in [6, 6.07) is 18.6. The van der Waals surface area contributed by atoms with Gasteiger partial charge in [0.05, 0.1) is 0 Å². The van der Waals surface area contributed by atoms with Gasteiger partial charge in [0.15, 0.2) is 0 Å². The molecule has 104 valence electrons. The van der Waals surface area contributed by atoms with Crippen LogP contribution >= 0.6 is 0 Å². The predicted molar refractivity (Wildman–Crippen MR) is 78.9 cm³/mol. The summed E-state index contributed by atoms with van der Waals surface area (Å²) >= 11 is 0. The lowest BCUT2D eigenvalue weighted by Gasteiger charge is -2.11. The van der Waals surface area contributed by atoms with Crippen LogP contribution in [0.25, 0.3) is 11.5 Å². The standard InChI is InChI=1S/C16H13N3O2/c1-19(15(20)13-10-6-3-7-11-13)16-18-17-14(21-16)12-8-4-2-5-9-12/h2-11H,1H3. The molecule has 0 fully saturated rings. The van der Waals surface area contributed by atoms with E-state index in [9.17, 15) is 4.79 Å². The molecule has 0 aliphatic heterocycles. The normalized spacial score (nSPS) is 10.3. The Bertz CT molecular complexity index is 738. The third kappa shape index (κ3) is 2.67. The van der Waals surface area contributed by atoms with Gasteiger partial charge in [-0.2, -0.15) is 0 Å². The zero-order valence-electron chi connectivity index (χ0n) is 11.4. The highest BCUT2D eigenvalue weighted by Crippen LogP contribution is 2.21. The molecule has 0 aliphatic carbocycles. The quantitative estimate of drug-likeness (QED) is 0.739. The lowest BCUT2D eigenvalue weighted by molar-refractivity contribution is 0.0988. The number of carbonyl (C=O) groups excluding carboxylic acids is 1. The highest BCUT2D eigenvalue weighted by molar-refractivity contribution is 6.04. The predicted octanol–water partition coefficient (Wildman–Crippen LogP) is 3.01. The molecule has 5 heteroatoms. The Morgan fingerprint density at radius 1 is 0.952 bits per heavy atom. The molecule has 3 rings (SSSR count). The fraction of sp³-hybridized carbons (Fsp3) is 0.0625. The van der Waals surface area contributed by atoms with Crippen LogP contribution in [0.15, 0.2) is 65.1 Å². The Kier molecular flexibility index (Phi) is 3.47. The second-order valence-corrected chi connectivity index (χ2v) is 4.49. The largest absolute Gasteiger partial charge is 0.403 e. The topological polar surface area (TPSA) is 59.2 Å². The number of nitrogens with zero attached hydrogens (tertiary/aromatic N) is 3. The molecule has 5 nitrogen and oxygen atoms in total. The monoisotopic (exact) mass is 279 g/mol. The van der Waals surface area contributed by atoms with Crippen LogP contribution in [0, 0.1) is 0 Å². The SMILES string of the molecule is CN(C(=O)c1ccccc1)c1nnc(-c2ccccc2)o1. The third-order valence-corrected chi connectivity index (χ3v) is 3.05. The van der Waals surface area contributed by atoms with Crippen molar-refractivity contribution in [2.45, 2.75) is 0 Å². The number of rotatable bonds is 3. The molecule has 0 N–H and O–H groups in total. The molecule has 0 atom stereocenters. The summed E-state index contributed by atoms with van der Waals surface area (Å²) in [6.45, 7) is 0. The van der Waals surface area contributed by atoms with E-state index >= 15 is 0 Å². The molecule has 0 aliphatic rings. The molecule has 0 bridgehead atoms. The summed E-state index contributed by atoms with van der Waals surface area (Å²) < 4.78 is 5.56. The van der Waals surface area contributed by atoms with Gasteiger partial charge in [0, 0.05) is 18.2 Å². The second-order valence-electron chi connectivity index (χ2n) is 4.49. The summed E-state index contributed by atoms with van der Waals surface area (Å²) in [5.41, 5.74) is 1.39. The fourth-order valence-electron chi connectivity index (χ4n) is 1.91. The molecular formula is C16H13N3O2. The van der Waals surface area contributed by atoms with Crippen LogP contribution in [-0.4, -0.2) is 23.2 Å². The van der Waals surface area contributed by atoms with E-state index in [1.54, 1.807) is 19.2 Å². The van der Waals surface area contributed by atoms with Gasteiger partial charge in [0.1, 0.15) is 0 Å². The van der Waals surface area contributed by atoms with Crippen molar-refractivity contribution in [1.82, 2.24) is 10.2 Å². The first kappa shape index (κ1) is 13.1. The van der Waals surface area contributed by atoms with Gasteiger partial charge < -0.3 is 4.42 Å². The molecule has 0 spiro atoms. The number of carbonyl (C=O) groups is 1. The van der Waals surface area contributed by atoms with E-state index in [1.807, 2.05) is 48.5 Å². The Morgan fingerprint density at radius 2 is 1.57 bits per heavy atom. The summed E-state index contributed by atoms with van der Waals surface area (Å²) in [5.74, 6) is 0.192. The highest BCUT2D eigenvalue weighted by atomic mass is 16.4. The Hall–Kier alpha value is -2.95. The van der Waals surface area contributed by atoms with Gasteiger partial charge in [0.2, 0.25) is 5.89 Å². The average molecular weight is 279 g/mol. The summed E-state index contributed by atoms with van der Waals surface area (Å²) in [7, 11) is 1.61. The number of benzene rings is 2. The molecule has 1 amide bonds. The molecule has 0 saturated heterocycles. The molecular weight excluding hydrogens is 266 g/mol. The van der Waals surface area contributed by atoms with Crippen molar-refractivity contribution in [2.75, 3.05) is 11.9 Å². The van der Waals surface area contributed by atoms with E-state index in [0.29, 0.717) is 11.5 Å². The molecule has 2 aromatic carbocycles. The fourth-order valence-corrected chi connectivity index (χ4v) is 1.91. The van der Waals surface area contributed by atoms with Crippen molar-refractivity contribution < 1.29 is 9.21 Å². The van der Waals surface area contributed by atoms with Crippen LogP contribution in [0.5, 0.6) is 0 Å². The summed E-state index contributed by atoms with van der Waals surface area (Å²) in [6.07, 6.45) is 0. The zero-order chi connectivity index (χ0) is 14.7. The molecule has 21 heavy (non-hydrogen) atoms. The van der Waals surface area contributed by atoms with Crippen LogP contribution in [0.3, 0.4) is 0 Å². The average Bonchev–Trinajstić information content (AvgIpc) is 3.05. The van der Waals surface area contributed by atoms with E-state index in [1.165, 1.54) is 4.90 Å². The minimum atomic E-state index is -0.195. The minimum absolute atomic E-state index is 0.169. The first-order valence-electron chi connectivity index (χ1n) is 6.48. The maximum Gasteiger partial charge on any atom is 0.325 e. The van der Waals surface area contributed by atoms with Crippen molar-refractivity contribution in [3.8, 4) is 11.5 Å². The molecule has 3 aromatic rings. The van der Waals surface area contributed by atoms with Gasteiger partial charge in [-0.15, -0.1) is 5.10 Å². The maximum absolute atomic E-state index is 12.3. The lowest BCUT2D eigenvalue weighted by Crippen LogP contribution is -2.26. The van der Waals surface area contributed by atoms with Crippen molar-refractivity contribution in [3.05, 3.63) is 66.2 Å². The van der Waals surface area contributed by atoms with Crippen molar-refractivity contribution >= 4 is 11.9 Å². The van der Waals surface area contributed by atoms with Crippen LogP contribution in [0.1, 0.15) is 10.4 Å². The number of hydrogen-bond acceptors (Lipinski definition) is 4. The first-order chi connectivity index (χ1) is 10.3. The minimum Gasteiger partial charge on any atom is -0.403 e. The van der Waals surface area contributed by atoms with Crippen molar-refractivity contribution in [2.24, 2.45) is 0 Å². The van der Waals surface area contributed by atoms with Gasteiger partial charge in [-0.05, 0) is 24.3 Å². The van der Waals surface area contributed by atoms with Crippen LogP contribution in [0.2, 0.25) is 0 Å². The van der Waals surface area contributed by atoms with Crippen LogP contribution in [0.4, 0.5) is 6.01 Å². The smallest absolute Gasteiger partial charge is 0.325 e. The van der Waals surface area contributed by atoms with Crippen LogP contribution in [-0.2, 0) is 0 Å². The number of hydrogen-bond donors (Lipinski definition) is 0. The van der Waals surface area contributed by atoms with Gasteiger partial charge in [-0.3, -0.25) is 9.69 Å². The van der Waals surface area contributed by atoms with Gasteiger partial charge in [-0.25, -0.2) is 0 Å². The summed E-state index contributed by atoms with van der Waals surface area (Å²) in [4.78, 5) is 13.6. The Balaban J connectivity index is 1.85. The molecule has 0 radical (unpaired) electrons. The molecule has 0 saturated carbocycles. The van der Waals surface area contributed by atoms with Gasteiger partial charge in [0.25, 0.3) is 5.91 Å². The third-order valence-electron chi connectivity index (χ3n) is 3.05. The van der Waals surface area contributed by atoms with Crippen molar-refractivity contribution in [3.63, 3.8) is 0 Å². The van der Waals surface area contributed by atoms with Crippen molar-refractivity contribution in [1.29, 1.82) is 0 Å². The summed E-state index contributed by atoms with van der Waals surface area (Å²) in [5, 5.41) is 7.90. The first-order valence-corrected chi connectivity index (χ1v) is 6.48. The highest BCUT2D eigenvalue weighted by Gasteiger charge is 2.19. The molecule has 1 heterocycles. The van der Waals surface area contributed by atoms with Gasteiger partial charge in [-0.1, -0.05) is 41.5 Å². The van der Waals surface area contributed by atoms with E-state index in [0.717, 1.165) is 5.56 Å². The van der Waals surface area contributed by atoms with E-state index in [4.69, 9.17) is 4.42 Å². The van der Waals surface area contributed by atoms with E-state index < -0.39 is 0 Å². The molecule has 0 unspecified atom stereocenters. The lowest BCUT2D eigenvalue weighted by atomic mass is 10.2. The maximum atomic E-state index is 12.3. The number of aromatic nitrogens is 2. The molecule has 1 aromatic heterocycles. The number of amides is 1. The second kappa shape index (κ2) is 5.58. The Morgan fingerprint density at radius 3 is 2.24 bits per heavy atom. The zero-order valence-corrected chi connectivity index (χ0v) is 11.4.